The molecule has 12 aromatic rings. The second kappa shape index (κ2) is 12.3. The fourth-order valence-electron chi connectivity index (χ4n) is 8.34. The van der Waals surface area contributed by atoms with Crippen LogP contribution >= 0.6 is 0 Å². The van der Waals surface area contributed by atoms with Gasteiger partial charge in [-0.2, -0.15) is 0 Å². The van der Waals surface area contributed by atoms with Crippen LogP contribution in [0.4, 0.5) is 0 Å². The van der Waals surface area contributed by atoms with Crippen LogP contribution in [0.5, 0.6) is 0 Å². The first-order valence-electron chi connectivity index (χ1n) is 19.0. The van der Waals surface area contributed by atoms with E-state index >= 15 is 0 Å². The lowest BCUT2D eigenvalue weighted by atomic mass is 10.0. The average molecular weight is 731 g/mol. The van der Waals surface area contributed by atoms with Gasteiger partial charge in [0.25, 0.3) is 0 Å². The van der Waals surface area contributed by atoms with Crippen molar-refractivity contribution in [3.63, 3.8) is 0 Å². The summed E-state index contributed by atoms with van der Waals surface area (Å²) in [7, 11) is 0. The molecule has 0 saturated heterocycles. The molecule has 8 aromatic carbocycles. The lowest BCUT2D eigenvalue weighted by Gasteiger charge is -2.09. The largest absolute Gasteiger partial charge is 0.456 e. The van der Waals surface area contributed by atoms with E-state index in [1.54, 1.807) is 0 Å². The quantitative estimate of drug-likeness (QED) is 0.176. The van der Waals surface area contributed by atoms with E-state index in [4.69, 9.17) is 23.8 Å². The Kier molecular flexibility index (Phi) is 6.83. The molecule has 0 fully saturated rings. The fourth-order valence-corrected chi connectivity index (χ4v) is 8.34. The van der Waals surface area contributed by atoms with Gasteiger partial charge in [-0.15, -0.1) is 0 Å². The van der Waals surface area contributed by atoms with Crippen LogP contribution in [0.15, 0.2) is 191 Å². The third-order valence-corrected chi connectivity index (χ3v) is 11.1. The van der Waals surface area contributed by atoms with Crippen molar-refractivity contribution in [3.05, 3.63) is 182 Å². The molecule has 0 atom stereocenters. The molecule has 57 heavy (non-hydrogen) atoms. The van der Waals surface area contributed by atoms with E-state index < -0.39 is 0 Å². The Morgan fingerprint density at radius 1 is 0.333 bits per heavy atom. The Hall–Kier alpha value is -7.83. The number of hydrogen-bond acceptors (Lipinski definition) is 5. The zero-order valence-corrected chi connectivity index (χ0v) is 30.4. The highest BCUT2D eigenvalue weighted by Gasteiger charge is 2.20. The summed E-state index contributed by atoms with van der Waals surface area (Å²) in [6, 6.07) is 62.7. The number of aromatic nitrogens is 4. The van der Waals surface area contributed by atoms with Crippen molar-refractivity contribution in [2.45, 2.75) is 0 Å². The van der Waals surface area contributed by atoms with E-state index in [1.165, 1.54) is 5.39 Å². The summed E-state index contributed by atoms with van der Waals surface area (Å²) in [5.41, 5.74) is 11.4. The lowest BCUT2D eigenvalue weighted by Crippen LogP contribution is -2.00. The number of rotatable bonds is 5. The van der Waals surface area contributed by atoms with Gasteiger partial charge in [0.1, 0.15) is 16.7 Å². The van der Waals surface area contributed by atoms with Gasteiger partial charge in [-0.25, -0.2) is 15.0 Å². The highest BCUT2D eigenvalue weighted by molar-refractivity contribution is 6.21. The molecule has 0 aliphatic rings. The van der Waals surface area contributed by atoms with Crippen LogP contribution in [-0.2, 0) is 0 Å². The number of benzene rings is 8. The minimum atomic E-state index is 0.560. The number of fused-ring (bicyclic) bond motifs is 10. The SMILES string of the molecule is c1ccc(-c2ccc(-c3nc(-c4ccc5c(c4)oc4c5ccc5c6ccccc6n(-c6ccccc6)c54)nc(-c4ccc5oc6ccccc6c5c4)n3)cc2)cc1. The Morgan fingerprint density at radius 3 is 1.68 bits per heavy atom. The summed E-state index contributed by atoms with van der Waals surface area (Å²) in [4.78, 5) is 15.3. The molecule has 0 radical (unpaired) electrons. The van der Waals surface area contributed by atoms with Crippen LogP contribution in [-0.4, -0.2) is 19.5 Å². The van der Waals surface area contributed by atoms with E-state index in [0.29, 0.717) is 17.5 Å². The molecule has 6 heteroatoms. The number of furan rings is 2. The predicted molar refractivity (Wildman–Crippen MR) is 230 cm³/mol. The summed E-state index contributed by atoms with van der Waals surface area (Å²) in [5, 5.41) is 6.48. The summed E-state index contributed by atoms with van der Waals surface area (Å²) in [6.45, 7) is 0. The van der Waals surface area contributed by atoms with Gasteiger partial charge in [0, 0.05) is 54.7 Å². The van der Waals surface area contributed by atoms with Crippen molar-refractivity contribution in [3.8, 4) is 51.0 Å². The molecule has 0 amide bonds. The van der Waals surface area contributed by atoms with E-state index in [-0.39, 0.29) is 0 Å². The fraction of sp³-hybridized carbons (Fsp3) is 0. The molecule has 4 heterocycles. The van der Waals surface area contributed by atoms with Gasteiger partial charge in [0.2, 0.25) is 0 Å². The molecule has 266 valence electrons. The number of nitrogens with zero attached hydrogens (tertiary/aromatic N) is 4. The Balaban J connectivity index is 1.05. The van der Waals surface area contributed by atoms with E-state index in [0.717, 1.165) is 93.8 Å². The summed E-state index contributed by atoms with van der Waals surface area (Å²) in [6.07, 6.45) is 0. The van der Waals surface area contributed by atoms with Gasteiger partial charge >= 0.3 is 0 Å². The van der Waals surface area contributed by atoms with Crippen molar-refractivity contribution in [1.82, 2.24) is 19.5 Å². The van der Waals surface area contributed by atoms with Gasteiger partial charge in [0.15, 0.2) is 23.1 Å². The Morgan fingerprint density at radius 2 is 0.877 bits per heavy atom. The third kappa shape index (κ3) is 5.01. The molecular weight excluding hydrogens is 701 g/mol. The number of para-hydroxylation sites is 3. The van der Waals surface area contributed by atoms with E-state index in [1.807, 2.05) is 42.5 Å². The molecule has 0 unspecified atom stereocenters. The van der Waals surface area contributed by atoms with Gasteiger partial charge in [-0.05, 0) is 71.8 Å². The Labute approximate surface area is 325 Å². The molecule has 0 bridgehead atoms. The maximum Gasteiger partial charge on any atom is 0.164 e. The van der Waals surface area contributed by atoms with Crippen LogP contribution in [0.3, 0.4) is 0 Å². The zero-order chi connectivity index (χ0) is 37.5. The van der Waals surface area contributed by atoms with Crippen molar-refractivity contribution < 1.29 is 8.83 Å². The monoisotopic (exact) mass is 730 g/mol. The topological polar surface area (TPSA) is 69.9 Å². The summed E-state index contributed by atoms with van der Waals surface area (Å²) < 4.78 is 15.3. The second-order valence-electron chi connectivity index (χ2n) is 14.4. The summed E-state index contributed by atoms with van der Waals surface area (Å²) >= 11 is 0. The number of hydrogen-bond donors (Lipinski definition) is 0. The van der Waals surface area contributed by atoms with Crippen LogP contribution in [0.25, 0.3) is 117 Å². The first-order valence-corrected chi connectivity index (χ1v) is 19.0. The van der Waals surface area contributed by atoms with Crippen LogP contribution in [0.2, 0.25) is 0 Å². The van der Waals surface area contributed by atoms with Crippen LogP contribution in [0, 0.1) is 0 Å². The van der Waals surface area contributed by atoms with E-state index in [2.05, 4.69) is 144 Å². The average Bonchev–Trinajstić information content (AvgIpc) is 3.96. The third-order valence-electron chi connectivity index (χ3n) is 11.1. The van der Waals surface area contributed by atoms with Gasteiger partial charge in [-0.1, -0.05) is 121 Å². The predicted octanol–water partition coefficient (Wildman–Crippen LogP) is 13.4. The first kappa shape index (κ1) is 31.5. The highest BCUT2D eigenvalue weighted by Crippen LogP contribution is 2.41. The van der Waals surface area contributed by atoms with Gasteiger partial charge in [-0.3, -0.25) is 0 Å². The molecule has 4 aromatic heterocycles. The van der Waals surface area contributed by atoms with E-state index in [9.17, 15) is 0 Å². The van der Waals surface area contributed by atoms with Crippen molar-refractivity contribution in [2.75, 3.05) is 0 Å². The van der Waals surface area contributed by atoms with Crippen LogP contribution in [0.1, 0.15) is 0 Å². The lowest BCUT2D eigenvalue weighted by molar-refractivity contribution is 0.669. The summed E-state index contributed by atoms with van der Waals surface area (Å²) in [5.74, 6) is 1.73. The van der Waals surface area contributed by atoms with Crippen molar-refractivity contribution >= 4 is 65.7 Å². The standard InChI is InChI=1S/C51H30N4O2/c1-3-11-31(12-4-1)32-19-21-33(22-20-32)49-52-50(34-24-28-45-42(29-34)38-16-8-10-18-44(38)56-45)54-51(53-49)35-23-25-39-41-27-26-40-37-15-7-9-17-43(37)55(36-13-5-2-6-14-36)47(40)48(41)57-46(39)30-35/h1-30H. The van der Waals surface area contributed by atoms with Crippen molar-refractivity contribution in [2.24, 2.45) is 0 Å². The highest BCUT2D eigenvalue weighted by atomic mass is 16.3. The van der Waals surface area contributed by atoms with Crippen LogP contribution < -0.4 is 0 Å². The smallest absolute Gasteiger partial charge is 0.164 e. The normalized spacial score (nSPS) is 11.9. The maximum atomic E-state index is 6.88. The maximum absolute atomic E-state index is 6.88. The first-order chi connectivity index (χ1) is 28.2. The second-order valence-corrected chi connectivity index (χ2v) is 14.4. The molecule has 0 spiro atoms. The molecule has 6 nitrogen and oxygen atoms in total. The molecule has 0 N–H and O–H groups in total. The molecule has 0 aliphatic carbocycles. The van der Waals surface area contributed by atoms with Crippen molar-refractivity contribution in [1.29, 1.82) is 0 Å². The molecule has 0 aliphatic heterocycles. The zero-order valence-electron chi connectivity index (χ0n) is 30.4. The molecule has 0 saturated carbocycles. The van der Waals surface area contributed by atoms with Gasteiger partial charge < -0.3 is 13.4 Å². The molecule has 12 rings (SSSR count). The minimum Gasteiger partial charge on any atom is -0.456 e. The minimum absolute atomic E-state index is 0.560. The van der Waals surface area contributed by atoms with Gasteiger partial charge in [0.05, 0.1) is 11.0 Å². The Bertz CT molecular complexity index is 3510. The molecular formula is C51H30N4O2.